The molecule has 0 bridgehead atoms. The minimum absolute atomic E-state index is 0.198. The Morgan fingerprint density at radius 2 is 1.43 bits per heavy atom. The number of carbonyl (C=O) groups is 1. The topological polar surface area (TPSA) is 65.4 Å². The van der Waals surface area contributed by atoms with Crippen LogP contribution in [0, 0.1) is 6.92 Å². The first kappa shape index (κ1) is 19.9. The highest BCUT2D eigenvalue weighted by Gasteiger charge is 2.30. The van der Waals surface area contributed by atoms with Crippen LogP contribution in [0.5, 0.6) is 0 Å². The molecule has 0 radical (unpaired) electrons. The fraction of sp³-hybridized carbons (Fsp3) is 0.125. The molecule has 4 aromatic rings. The second-order valence-electron chi connectivity index (χ2n) is 7.00. The summed E-state index contributed by atoms with van der Waals surface area (Å²) in [6.45, 7) is 3.10. The summed E-state index contributed by atoms with van der Waals surface area (Å²) in [7, 11) is -3.84. The number of carbonyl (C=O) groups excluding carboxylic acids is 1. The van der Waals surface area contributed by atoms with Gasteiger partial charge in [0.2, 0.25) is 0 Å². The summed E-state index contributed by atoms with van der Waals surface area (Å²) < 4.78 is 34.1. The number of esters is 1. The third-order valence-corrected chi connectivity index (χ3v) is 6.86. The van der Waals surface area contributed by atoms with Crippen LogP contribution in [0.4, 0.5) is 0 Å². The van der Waals surface area contributed by atoms with Gasteiger partial charge in [-0.1, -0.05) is 66.7 Å². The van der Waals surface area contributed by atoms with E-state index >= 15 is 0 Å². The molecular formula is C24H21NO4S. The van der Waals surface area contributed by atoms with E-state index in [4.69, 9.17) is 4.74 Å². The second-order valence-corrected chi connectivity index (χ2v) is 8.79. The Kier molecular flexibility index (Phi) is 5.18. The Hall–Kier alpha value is -3.38. The molecule has 30 heavy (non-hydrogen) atoms. The molecule has 5 nitrogen and oxygen atoms in total. The molecule has 1 atom stereocenters. The van der Waals surface area contributed by atoms with E-state index < -0.39 is 22.1 Å². The fourth-order valence-corrected chi connectivity index (χ4v) is 5.38. The quantitative estimate of drug-likeness (QED) is 0.434. The second kappa shape index (κ2) is 7.80. The first-order valence-electron chi connectivity index (χ1n) is 9.54. The Balaban J connectivity index is 2.03. The van der Waals surface area contributed by atoms with Gasteiger partial charge in [0.05, 0.1) is 10.4 Å². The molecule has 0 saturated carbocycles. The highest BCUT2D eigenvalue weighted by atomic mass is 32.2. The lowest BCUT2D eigenvalue weighted by molar-refractivity contribution is -0.144. The maximum absolute atomic E-state index is 13.5. The van der Waals surface area contributed by atoms with Crippen molar-refractivity contribution in [2.75, 3.05) is 0 Å². The Bertz CT molecular complexity index is 1310. The maximum atomic E-state index is 13.5. The van der Waals surface area contributed by atoms with Crippen molar-refractivity contribution >= 4 is 26.9 Å². The van der Waals surface area contributed by atoms with E-state index in [2.05, 4.69) is 0 Å². The van der Waals surface area contributed by atoms with Gasteiger partial charge in [0.1, 0.15) is 0 Å². The summed E-state index contributed by atoms with van der Waals surface area (Å²) in [5, 5.41) is 0.726. The van der Waals surface area contributed by atoms with Gasteiger partial charge in [-0.05, 0) is 30.7 Å². The number of nitrogens with zero attached hydrogens (tertiary/aromatic N) is 1. The SMILES string of the molecule is CC(=O)O[C@@H](c1ccccc1)c1c(C)n(S(=O)(=O)c2ccccc2)c2ccccc12. The summed E-state index contributed by atoms with van der Waals surface area (Å²) in [4.78, 5) is 12.1. The van der Waals surface area contributed by atoms with Gasteiger partial charge in [-0.15, -0.1) is 0 Å². The molecule has 0 amide bonds. The van der Waals surface area contributed by atoms with Gasteiger partial charge in [-0.2, -0.15) is 0 Å². The number of hydrogen-bond donors (Lipinski definition) is 0. The Labute approximate surface area is 175 Å². The molecule has 152 valence electrons. The van der Waals surface area contributed by atoms with Crippen molar-refractivity contribution in [2.24, 2.45) is 0 Å². The van der Waals surface area contributed by atoms with Crippen molar-refractivity contribution < 1.29 is 17.9 Å². The summed E-state index contributed by atoms with van der Waals surface area (Å²) in [5.74, 6) is -0.439. The lowest BCUT2D eigenvalue weighted by Gasteiger charge is -2.19. The molecule has 1 aromatic heterocycles. The van der Waals surface area contributed by atoms with Crippen LogP contribution in [0.3, 0.4) is 0 Å². The minimum Gasteiger partial charge on any atom is -0.453 e. The summed E-state index contributed by atoms with van der Waals surface area (Å²) >= 11 is 0. The average Bonchev–Trinajstić information content (AvgIpc) is 3.05. The van der Waals surface area contributed by atoms with Crippen LogP contribution in [-0.2, 0) is 19.6 Å². The van der Waals surface area contributed by atoms with Crippen molar-refractivity contribution in [3.8, 4) is 0 Å². The molecule has 0 fully saturated rings. The first-order chi connectivity index (χ1) is 14.4. The highest BCUT2D eigenvalue weighted by Crippen LogP contribution is 2.38. The predicted molar refractivity (Wildman–Crippen MR) is 116 cm³/mol. The van der Waals surface area contributed by atoms with Crippen LogP contribution < -0.4 is 0 Å². The number of aromatic nitrogens is 1. The lowest BCUT2D eigenvalue weighted by atomic mass is 9.98. The largest absolute Gasteiger partial charge is 0.453 e. The molecule has 0 N–H and O–H groups in total. The van der Waals surface area contributed by atoms with Gasteiger partial charge < -0.3 is 4.74 Å². The molecule has 4 rings (SSSR count). The van der Waals surface area contributed by atoms with E-state index in [1.807, 2.05) is 42.5 Å². The van der Waals surface area contributed by atoms with E-state index in [9.17, 15) is 13.2 Å². The molecule has 0 saturated heterocycles. The summed E-state index contributed by atoms with van der Waals surface area (Å²) in [6, 6.07) is 24.9. The average molecular weight is 420 g/mol. The van der Waals surface area contributed by atoms with Crippen LogP contribution >= 0.6 is 0 Å². The van der Waals surface area contributed by atoms with Crippen LogP contribution in [0.1, 0.15) is 29.8 Å². The van der Waals surface area contributed by atoms with Crippen LogP contribution in [0.25, 0.3) is 10.9 Å². The van der Waals surface area contributed by atoms with Gasteiger partial charge in [-0.3, -0.25) is 4.79 Å². The number of fused-ring (bicyclic) bond motifs is 1. The number of benzene rings is 3. The Morgan fingerprint density at radius 3 is 2.07 bits per heavy atom. The smallest absolute Gasteiger partial charge is 0.303 e. The fourth-order valence-electron chi connectivity index (χ4n) is 3.79. The number of para-hydroxylation sites is 1. The molecule has 0 unspecified atom stereocenters. The zero-order valence-corrected chi connectivity index (χ0v) is 17.5. The molecule has 0 aliphatic rings. The van der Waals surface area contributed by atoms with Crippen LogP contribution in [-0.4, -0.2) is 18.4 Å². The maximum Gasteiger partial charge on any atom is 0.303 e. The zero-order valence-electron chi connectivity index (χ0n) is 16.6. The number of ether oxygens (including phenoxy) is 1. The van der Waals surface area contributed by atoms with E-state index in [1.54, 1.807) is 49.4 Å². The van der Waals surface area contributed by atoms with Crippen LogP contribution in [0.15, 0.2) is 89.8 Å². The molecule has 0 aliphatic heterocycles. The van der Waals surface area contributed by atoms with Crippen LogP contribution in [0.2, 0.25) is 0 Å². The summed E-state index contributed by atoms with van der Waals surface area (Å²) in [6.07, 6.45) is -0.721. The molecule has 3 aromatic carbocycles. The van der Waals surface area contributed by atoms with Crippen molar-refractivity contribution in [3.05, 3.63) is 102 Å². The first-order valence-corrected chi connectivity index (χ1v) is 11.0. The molecule has 0 spiro atoms. The standard InChI is InChI=1S/C24H21NO4S/c1-17-23(24(29-18(2)26)19-11-5-3-6-12-19)21-15-9-10-16-22(21)25(17)30(27,28)20-13-7-4-8-14-20/h3-16,24H,1-2H3/t24-/m0/s1. The van der Waals surface area contributed by atoms with Gasteiger partial charge >= 0.3 is 5.97 Å². The van der Waals surface area contributed by atoms with E-state index in [0.29, 0.717) is 16.8 Å². The molecule has 1 heterocycles. The molecular weight excluding hydrogens is 398 g/mol. The zero-order chi connectivity index (χ0) is 21.3. The van der Waals surface area contributed by atoms with Crippen molar-refractivity contribution in [2.45, 2.75) is 24.8 Å². The van der Waals surface area contributed by atoms with Gasteiger partial charge in [0, 0.05) is 23.6 Å². The monoisotopic (exact) mass is 419 g/mol. The van der Waals surface area contributed by atoms with Gasteiger partial charge in [0.15, 0.2) is 6.10 Å². The molecule has 0 aliphatic carbocycles. The normalized spacial score (nSPS) is 12.6. The lowest BCUT2D eigenvalue weighted by Crippen LogP contribution is -2.16. The Morgan fingerprint density at radius 1 is 0.867 bits per heavy atom. The number of rotatable bonds is 5. The summed E-state index contributed by atoms with van der Waals surface area (Å²) in [5.41, 5.74) is 2.49. The highest BCUT2D eigenvalue weighted by molar-refractivity contribution is 7.90. The van der Waals surface area contributed by atoms with Crippen molar-refractivity contribution in [3.63, 3.8) is 0 Å². The third-order valence-electron chi connectivity index (χ3n) is 5.04. The van der Waals surface area contributed by atoms with Crippen molar-refractivity contribution in [1.82, 2.24) is 3.97 Å². The van der Waals surface area contributed by atoms with Crippen molar-refractivity contribution in [1.29, 1.82) is 0 Å². The third kappa shape index (κ3) is 3.39. The molecule has 6 heteroatoms. The van der Waals surface area contributed by atoms with E-state index in [-0.39, 0.29) is 4.90 Å². The van der Waals surface area contributed by atoms with Gasteiger partial charge in [0.25, 0.3) is 10.0 Å². The van der Waals surface area contributed by atoms with Gasteiger partial charge in [-0.25, -0.2) is 12.4 Å². The predicted octanol–water partition coefficient (Wildman–Crippen LogP) is 4.84. The number of hydrogen-bond acceptors (Lipinski definition) is 4. The van der Waals surface area contributed by atoms with E-state index in [0.717, 1.165) is 10.9 Å². The minimum atomic E-state index is -3.84. The van der Waals surface area contributed by atoms with E-state index in [1.165, 1.54) is 10.9 Å².